The highest BCUT2D eigenvalue weighted by Crippen LogP contribution is 2.31. The van der Waals surface area contributed by atoms with E-state index >= 15 is 0 Å². The fraction of sp³-hybridized carbons (Fsp3) is 0.600. The molecule has 17 heavy (non-hydrogen) atoms. The molecule has 1 aromatic heterocycles. The number of thiophene rings is 1. The van der Waals surface area contributed by atoms with Gasteiger partial charge in [-0.1, -0.05) is 0 Å². The van der Waals surface area contributed by atoms with Crippen molar-refractivity contribution in [3.8, 4) is 0 Å². The van der Waals surface area contributed by atoms with E-state index in [9.17, 15) is 8.42 Å². The lowest BCUT2D eigenvalue weighted by Crippen LogP contribution is -2.47. The van der Waals surface area contributed by atoms with Gasteiger partial charge in [-0.25, -0.2) is 13.1 Å². The lowest BCUT2D eigenvalue weighted by molar-refractivity contribution is 0.0236. The fourth-order valence-electron chi connectivity index (χ4n) is 1.83. The van der Waals surface area contributed by atoms with Crippen LogP contribution in [0.3, 0.4) is 0 Å². The highest BCUT2D eigenvalue weighted by molar-refractivity contribution is 9.11. The van der Waals surface area contributed by atoms with Gasteiger partial charge in [0.05, 0.1) is 14.8 Å². The van der Waals surface area contributed by atoms with Gasteiger partial charge in [-0.2, -0.15) is 0 Å². The van der Waals surface area contributed by atoms with Gasteiger partial charge in [0.2, 0.25) is 10.0 Å². The number of ether oxygens (including phenoxy) is 1. The van der Waals surface area contributed by atoms with Gasteiger partial charge < -0.3 is 4.74 Å². The van der Waals surface area contributed by atoms with E-state index in [2.05, 4.69) is 20.7 Å². The van der Waals surface area contributed by atoms with Crippen molar-refractivity contribution in [2.75, 3.05) is 7.11 Å². The number of hydrogen-bond donors (Lipinski definition) is 1. The van der Waals surface area contributed by atoms with Gasteiger partial charge in [-0.15, -0.1) is 11.3 Å². The molecule has 1 aliphatic rings. The van der Waals surface area contributed by atoms with Gasteiger partial charge in [0.1, 0.15) is 0 Å². The maximum Gasteiger partial charge on any atom is 0.241 e. The number of rotatable bonds is 4. The van der Waals surface area contributed by atoms with E-state index in [0.29, 0.717) is 4.90 Å². The Morgan fingerprint density at radius 3 is 2.65 bits per heavy atom. The summed E-state index contributed by atoms with van der Waals surface area (Å²) in [6.07, 6.45) is 1.69. The molecule has 1 fully saturated rings. The molecule has 0 aromatic carbocycles. The standard InChI is InChI=1S/C10H14BrNO3S2/c1-6-9(5-10(11)16-6)17(13,14)12-7-3-8(4-7)15-2/h5,7-8,12H,3-4H2,1-2H3. The lowest BCUT2D eigenvalue weighted by atomic mass is 9.90. The zero-order chi connectivity index (χ0) is 12.6. The second-order valence-corrected chi connectivity index (χ2v) is 8.44. The Balaban J connectivity index is 2.07. The SMILES string of the molecule is COC1CC(NS(=O)(=O)c2cc(Br)sc2C)C1. The van der Waals surface area contributed by atoms with Crippen molar-refractivity contribution in [3.63, 3.8) is 0 Å². The number of aryl methyl sites for hydroxylation is 1. The summed E-state index contributed by atoms with van der Waals surface area (Å²) in [5.74, 6) is 0. The average Bonchev–Trinajstić information content (AvgIpc) is 2.51. The van der Waals surface area contributed by atoms with Crippen LogP contribution in [0.5, 0.6) is 0 Å². The Labute approximate surface area is 114 Å². The van der Waals surface area contributed by atoms with Gasteiger partial charge in [-0.3, -0.25) is 0 Å². The van der Waals surface area contributed by atoms with Crippen molar-refractivity contribution in [2.24, 2.45) is 0 Å². The van der Waals surface area contributed by atoms with Crippen LogP contribution in [0.25, 0.3) is 0 Å². The summed E-state index contributed by atoms with van der Waals surface area (Å²) in [6, 6.07) is 1.65. The molecule has 1 saturated carbocycles. The van der Waals surface area contributed by atoms with E-state index in [4.69, 9.17) is 4.74 Å². The zero-order valence-corrected chi connectivity index (χ0v) is 12.8. The Bertz CT molecular complexity index is 506. The molecule has 2 rings (SSSR count). The van der Waals surface area contributed by atoms with Gasteiger partial charge in [-0.05, 0) is 41.8 Å². The number of halogens is 1. The molecular weight excluding hydrogens is 326 g/mol. The minimum atomic E-state index is -3.39. The Morgan fingerprint density at radius 1 is 1.53 bits per heavy atom. The first-order valence-electron chi connectivity index (χ1n) is 5.23. The second kappa shape index (κ2) is 4.97. The lowest BCUT2D eigenvalue weighted by Gasteiger charge is -2.34. The molecule has 0 atom stereocenters. The molecule has 1 heterocycles. The summed E-state index contributed by atoms with van der Waals surface area (Å²) < 4.78 is 32.9. The van der Waals surface area contributed by atoms with Gasteiger partial charge in [0, 0.05) is 18.0 Å². The van der Waals surface area contributed by atoms with E-state index in [1.54, 1.807) is 13.2 Å². The number of nitrogens with one attached hydrogen (secondary N) is 1. The van der Waals surface area contributed by atoms with Crippen LogP contribution in [0.2, 0.25) is 0 Å². The van der Waals surface area contributed by atoms with Crippen LogP contribution in [-0.4, -0.2) is 27.7 Å². The van der Waals surface area contributed by atoms with Crippen LogP contribution in [0.4, 0.5) is 0 Å². The van der Waals surface area contributed by atoms with Gasteiger partial charge in [0.15, 0.2) is 0 Å². The molecule has 0 radical (unpaired) electrons. The third-order valence-electron chi connectivity index (χ3n) is 2.88. The molecule has 4 nitrogen and oxygen atoms in total. The molecule has 1 aromatic rings. The van der Waals surface area contributed by atoms with Gasteiger partial charge >= 0.3 is 0 Å². The normalized spacial score (nSPS) is 24.6. The summed E-state index contributed by atoms with van der Waals surface area (Å²) in [6.45, 7) is 1.81. The predicted octanol–water partition coefficient (Wildman–Crippen LogP) is 2.27. The highest BCUT2D eigenvalue weighted by Gasteiger charge is 2.33. The molecule has 0 amide bonds. The van der Waals surface area contributed by atoms with E-state index in [1.807, 2.05) is 6.92 Å². The predicted molar refractivity (Wildman–Crippen MR) is 70.9 cm³/mol. The number of methoxy groups -OCH3 is 1. The molecule has 1 N–H and O–H groups in total. The summed E-state index contributed by atoms with van der Waals surface area (Å²) in [5.41, 5.74) is 0. The molecule has 0 bridgehead atoms. The van der Waals surface area contributed by atoms with Crippen molar-refractivity contribution in [3.05, 3.63) is 14.7 Å². The molecular formula is C10H14BrNO3S2. The number of hydrogen-bond acceptors (Lipinski definition) is 4. The molecule has 1 aliphatic carbocycles. The van der Waals surface area contributed by atoms with Crippen LogP contribution in [-0.2, 0) is 14.8 Å². The third-order valence-corrected chi connectivity index (χ3v) is 6.21. The van der Waals surface area contributed by atoms with E-state index in [-0.39, 0.29) is 12.1 Å². The molecule has 0 aliphatic heterocycles. The topological polar surface area (TPSA) is 55.4 Å². The first-order chi connectivity index (χ1) is 7.92. The number of sulfonamides is 1. The fourth-order valence-corrected chi connectivity index (χ4v) is 5.51. The highest BCUT2D eigenvalue weighted by atomic mass is 79.9. The third kappa shape index (κ3) is 2.90. The van der Waals surface area contributed by atoms with E-state index < -0.39 is 10.0 Å². The van der Waals surface area contributed by atoms with Crippen LogP contribution in [0, 0.1) is 6.92 Å². The van der Waals surface area contributed by atoms with Crippen molar-refractivity contribution < 1.29 is 13.2 Å². The van der Waals surface area contributed by atoms with Crippen molar-refractivity contribution in [1.82, 2.24) is 4.72 Å². The summed E-state index contributed by atoms with van der Waals surface area (Å²) >= 11 is 4.73. The summed E-state index contributed by atoms with van der Waals surface area (Å²) in [5, 5.41) is 0. The zero-order valence-electron chi connectivity index (χ0n) is 9.57. The maximum absolute atomic E-state index is 12.1. The first kappa shape index (κ1) is 13.5. The van der Waals surface area contributed by atoms with Crippen molar-refractivity contribution >= 4 is 37.3 Å². The average molecular weight is 340 g/mol. The molecule has 96 valence electrons. The molecule has 7 heteroatoms. The smallest absolute Gasteiger partial charge is 0.241 e. The molecule has 0 saturated heterocycles. The second-order valence-electron chi connectivity index (χ2n) is 4.12. The first-order valence-corrected chi connectivity index (χ1v) is 8.32. The Morgan fingerprint density at radius 2 is 2.18 bits per heavy atom. The molecule has 0 spiro atoms. The largest absolute Gasteiger partial charge is 0.381 e. The van der Waals surface area contributed by atoms with Crippen LogP contribution >= 0.6 is 27.3 Å². The quantitative estimate of drug-likeness (QED) is 0.915. The van der Waals surface area contributed by atoms with Crippen molar-refractivity contribution in [1.29, 1.82) is 0 Å². The monoisotopic (exact) mass is 339 g/mol. The van der Waals surface area contributed by atoms with Crippen LogP contribution < -0.4 is 4.72 Å². The van der Waals surface area contributed by atoms with Crippen LogP contribution in [0.1, 0.15) is 17.7 Å². The van der Waals surface area contributed by atoms with Crippen molar-refractivity contribution in [2.45, 2.75) is 36.8 Å². The minimum absolute atomic E-state index is 0.00280. The minimum Gasteiger partial charge on any atom is -0.381 e. The Hall–Kier alpha value is 0.0500. The summed E-state index contributed by atoms with van der Waals surface area (Å²) in [7, 11) is -1.74. The molecule has 0 unspecified atom stereocenters. The van der Waals surface area contributed by atoms with Crippen LogP contribution in [0.15, 0.2) is 14.7 Å². The summed E-state index contributed by atoms with van der Waals surface area (Å²) in [4.78, 5) is 1.17. The van der Waals surface area contributed by atoms with E-state index in [0.717, 1.165) is 21.5 Å². The maximum atomic E-state index is 12.1. The van der Waals surface area contributed by atoms with E-state index in [1.165, 1.54) is 11.3 Å². The Kier molecular flexibility index (Phi) is 3.94. The van der Waals surface area contributed by atoms with Gasteiger partial charge in [0.25, 0.3) is 0 Å².